The molecule has 1 aromatic carbocycles. The molecule has 2 N–H and O–H groups in total. The van der Waals surface area contributed by atoms with Crippen LogP contribution in [0.15, 0.2) is 18.2 Å². The molecule has 102 valence electrons. The van der Waals surface area contributed by atoms with Crippen LogP contribution in [-0.4, -0.2) is 19.4 Å². The Balaban J connectivity index is 2.89. The van der Waals surface area contributed by atoms with Crippen LogP contribution in [0, 0.1) is 13.8 Å². The highest BCUT2D eigenvalue weighted by molar-refractivity contribution is 7.92. The summed E-state index contributed by atoms with van der Waals surface area (Å²) >= 11 is 0. The number of nitrogens with two attached hydrogens (primary N) is 1. The Hall–Kier alpha value is -0.870. The van der Waals surface area contributed by atoms with Crippen molar-refractivity contribution in [2.75, 3.05) is 5.75 Å². The molecule has 0 radical (unpaired) electrons. The van der Waals surface area contributed by atoms with Gasteiger partial charge in [0.2, 0.25) is 0 Å². The van der Waals surface area contributed by atoms with Gasteiger partial charge in [0.05, 0.1) is 11.0 Å². The summed E-state index contributed by atoms with van der Waals surface area (Å²) in [6, 6.07) is 5.44. The molecule has 3 nitrogen and oxygen atoms in total. The van der Waals surface area contributed by atoms with E-state index in [4.69, 9.17) is 5.73 Å². The van der Waals surface area contributed by atoms with E-state index in [-0.39, 0.29) is 11.0 Å². The third-order valence-corrected chi connectivity index (χ3v) is 5.94. The molecule has 0 saturated heterocycles. The van der Waals surface area contributed by atoms with Crippen LogP contribution in [0.5, 0.6) is 0 Å². The maximum absolute atomic E-state index is 12.0. The van der Waals surface area contributed by atoms with E-state index in [2.05, 4.69) is 0 Å². The van der Waals surface area contributed by atoms with Gasteiger partial charge in [-0.05, 0) is 43.9 Å². The zero-order valence-corrected chi connectivity index (χ0v) is 12.4. The number of benzene rings is 1. The first kappa shape index (κ1) is 15.2. The molecular weight excluding hydrogens is 246 g/mol. The summed E-state index contributed by atoms with van der Waals surface area (Å²) in [5, 5.41) is -0.324. The molecule has 2 atom stereocenters. The Labute approximate surface area is 110 Å². The van der Waals surface area contributed by atoms with E-state index in [9.17, 15) is 8.42 Å². The van der Waals surface area contributed by atoms with Crippen LogP contribution >= 0.6 is 0 Å². The van der Waals surface area contributed by atoms with Gasteiger partial charge in [0.15, 0.2) is 9.84 Å². The fraction of sp³-hybridized carbons (Fsp3) is 0.571. The lowest BCUT2D eigenvalue weighted by Gasteiger charge is -2.17. The minimum atomic E-state index is -3.11. The Bertz CT molecular complexity index is 509. The van der Waals surface area contributed by atoms with E-state index >= 15 is 0 Å². The highest BCUT2D eigenvalue weighted by Crippen LogP contribution is 2.19. The van der Waals surface area contributed by atoms with Gasteiger partial charge in [-0.1, -0.05) is 25.1 Å². The summed E-state index contributed by atoms with van der Waals surface area (Å²) in [6.45, 7) is 7.65. The SMILES string of the molecule is CCC(C)S(=O)(=O)CC(N)c1ccc(C)c(C)c1. The smallest absolute Gasteiger partial charge is 0.154 e. The molecule has 1 aromatic rings. The molecule has 18 heavy (non-hydrogen) atoms. The van der Waals surface area contributed by atoms with Crippen LogP contribution in [0.25, 0.3) is 0 Å². The fourth-order valence-electron chi connectivity index (χ4n) is 1.76. The van der Waals surface area contributed by atoms with Gasteiger partial charge in [-0.3, -0.25) is 0 Å². The van der Waals surface area contributed by atoms with E-state index in [1.54, 1.807) is 6.92 Å². The first-order valence-corrected chi connectivity index (χ1v) is 8.03. The first-order chi connectivity index (χ1) is 8.27. The van der Waals surface area contributed by atoms with Crippen molar-refractivity contribution < 1.29 is 8.42 Å². The molecule has 2 unspecified atom stereocenters. The second kappa shape index (κ2) is 5.85. The Morgan fingerprint density at radius 1 is 1.22 bits per heavy atom. The molecule has 1 rings (SSSR count). The molecule has 0 fully saturated rings. The van der Waals surface area contributed by atoms with Gasteiger partial charge in [-0.15, -0.1) is 0 Å². The van der Waals surface area contributed by atoms with Crippen molar-refractivity contribution in [3.63, 3.8) is 0 Å². The minimum absolute atomic E-state index is 0.0184. The van der Waals surface area contributed by atoms with Gasteiger partial charge in [0, 0.05) is 6.04 Å². The summed E-state index contributed by atoms with van der Waals surface area (Å²) in [6.07, 6.45) is 0.627. The molecule has 0 spiro atoms. The van der Waals surface area contributed by atoms with E-state index < -0.39 is 15.9 Å². The highest BCUT2D eigenvalue weighted by atomic mass is 32.2. The van der Waals surface area contributed by atoms with E-state index in [0.29, 0.717) is 6.42 Å². The van der Waals surface area contributed by atoms with Crippen LogP contribution in [0.2, 0.25) is 0 Å². The van der Waals surface area contributed by atoms with Crippen molar-refractivity contribution in [2.45, 2.75) is 45.4 Å². The van der Waals surface area contributed by atoms with Gasteiger partial charge < -0.3 is 5.73 Å². The molecule has 0 amide bonds. The monoisotopic (exact) mass is 269 g/mol. The van der Waals surface area contributed by atoms with Gasteiger partial charge in [0.25, 0.3) is 0 Å². The Morgan fingerprint density at radius 2 is 1.83 bits per heavy atom. The highest BCUT2D eigenvalue weighted by Gasteiger charge is 2.23. The molecule has 0 heterocycles. The summed E-state index contributed by atoms with van der Waals surface area (Å²) in [4.78, 5) is 0. The predicted molar refractivity (Wildman–Crippen MR) is 76.4 cm³/mol. The van der Waals surface area contributed by atoms with Gasteiger partial charge in [-0.25, -0.2) is 8.42 Å². The topological polar surface area (TPSA) is 60.2 Å². The molecule has 0 saturated carbocycles. The van der Waals surface area contributed by atoms with Crippen LogP contribution in [0.1, 0.15) is 43.0 Å². The van der Waals surface area contributed by atoms with Crippen LogP contribution < -0.4 is 5.73 Å². The normalized spacial score (nSPS) is 15.4. The Morgan fingerprint density at radius 3 is 2.33 bits per heavy atom. The zero-order valence-electron chi connectivity index (χ0n) is 11.6. The molecule has 0 aliphatic heterocycles. The van der Waals surface area contributed by atoms with Crippen molar-refractivity contribution in [2.24, 2.45) is 5.73 Å². The average molecular weight is 269 g/mol. The Kier molecular flexibility index (Phi) is 4.93. The molecule has 0 aliphatic carbocycles. The number of aryl methyl sites for hydroxylation is 2. The summed E-state index contributed by atoms with van der Waals surface area (Å²) < 4.78 is 24.0. The average Bonchev–Trinajstić information content (AvgIpc) is 2.30. The number of hydrogen-bond acceptors (Lipinski definition) is 3. The zero-order chi connectivity index (χ0) is 13.9. The van der Waals surface area contributed by atoms with Crippen molar-refractivity contribution in [3.05, 3.63) is 34.9 Å². The lowest BCUT2D eigenvalue weighted by Crippen LogP contribution is -2.28. The molecule has 0 bridgehead atoms. The molecular formula is C14H23NO2S. The van der Waals surface area contributed by atoms with Crippen molar-refractivity contribution in [1.29, 1.82) is 0 Å². The molecule has 4 heteroatoms. The third-order valence-electron chi connectivity index (χ3n) is 3.56. The standard InChI is InChI=1S/C14H23NO2S/c1-5-12(4)18(16,17)9-14(15)13-7-6-10(2)11(3)8-13/h6-8,12,14H,5,9,15H2,1-4H3. The van der Waals surface area contributed by atoms with Crippen molar-refractivity contribution in [3.8, 4) is 0 Å². The first-order valence-electron chi connectivity index (χ1n) is 6.32. The van der Waals surface area contributed by atoms with Crippen LogP contribution in [0.3, 0.4) is 0 Å². The molecule has 0 aliphatic rings. The summed E-state index contributed by atoms with van der Waals surface area (Å²) in [5.41, 5.74) is 9.24. The predicted octanol–water partition coefficient (Wildman–Crippen LogP) is 2.52. The van der Waals surface area contributed by atoms with E-state index in [1.807, 2.05) is 39.0 Å². The number of rotatable bonds is 5. The van der Waals surface area contributed by atoms with Gasteiger partial charge in [0.1, 0.15) is 0 Å². The van der Waals surface area contributed by atoms with Gasteiger partial charge in [-0.2, -0.15) is 0 Å². The second-order valence-corrected chi connectivity index (χ2v) is 7.46. The lowest BCUT2D eigenvalue weighted by atomic mass is 10.0. The fourth-order valence-corrected chi connectivity index (χ4v) is 3.29. The van der Waals surface area contributed by atoms with E-state index in [0.717, 1.165) is 11.1 Å². The summed E-state index contributed by atoms with van der Waals surface area (Å²) in [5.74, 6) is 0.0184. The van der Waals surface area contributed by atoms with Gasteiger partial charge >= 0.3 is 0 Å². The minimum Gasteiger partial charge on any atom is -0.323 e. The summed E-state index contributed by atoms with van der Waals surface area (Å²) in [7, 11) is -3.11. The second-order valence-electron chi connectivity index (χ2n) is 5.00. The van der Waals surface area contributed by atoms with Crippen molar-refractivity contribution >= 4 is 9.84 Å². The van der Waals surface area contributed by atoms with E-state index in [1.165, 1.54) is 5.56 Å². The number of sulfone groups is 1. The largest absolute Gasteiger partial charge is 0.323 e. The number of hydrogen-bond donors (Lipinski definition) is 1. The maximum Gasteiger partial charge on any atom is 0.154 e. The van der Waals surface area contributed by atoms with Crippen molar-refractivity contribution in [1.82, 2.24) is 0 Å². The van der Waals surface area contributed by atoms with Crippen LogP contribution in [0.4, 0.5) is 0 Å². The maximum atomic E-state index is 12.0. The molecule has 0 aromatic heterocycles. The third kappa shape index (κ3) is 3.56. The quantitative estimate of drug-likeness (QED) is 0.893. The van der Waals surface area contributed by atoms with Crippen LogP contribution in [-0.2, 0) is 9.84 Å². The lowest BCUT2D eigenvalue weighted by molar-refractivity contribution is 0.574.